The van der Waals surface area contributed by atoms with Crippen molar-refractivity contribution in [2.45, 2.75) is 32.4 Å². The van der Waals surface area contributed by atoms with E-state index in [1.54, 1.807) is 0 Å². The highest BCUT2D eigenvalue weighted by Crippen LogP contribution is 2.32. The van der Waals surface area contributed by atoms with Crippen molar-refractivity contribution in [3.05, 3.63) is 77.9 Å². The third kappa shape index (κ3) is 4.00. The van der Waals surface area contributed by atoms with Crippen LogP contribution in [0.5, 0.6) is 0 Å². The van der Waals surface area contributed by atoms with Gasteiger partial charge in [-0.1, -0.05) is 54.1 Å². The minimum absolute atomic E-state index is 0.211. The molecule has 0 saturated carbocycles. The summed E-state index contributed by atoms with van der Waals surface area (Å²) < 4.78 is 0. The maximum atomic E-state index is 6.23. The molecule has 0 heterocycles. The van der Waals surface area contributed by atoms with Crippen LogP contribution in [0.25, 0.3) is 0 Å². The van der Waals surface area contributed by atoms with E-state index in [-0.39, 0.29) is 6.04 Å². The lowest BCUT2D eigenvalue weighted by molar-refractivity contribution is 0.493. The number of rotatable bonds is 4. The van der Waals surface area contributed by atoms with Crippen LogP contribution in [0.1, 0.15) is 19.4 Å². The molecule has 132 valence electrons. The first-order valence-corrected chi connectivity index (χ1v) is 8.60. The van der Waals surface area contributed by atoms with Gasteiger partial charge in [0.2, 0.25) is 0 Å². The van der Waals surface area contributed by atoms with Crippen molar-refractivity contribution in [1.82, 2.24) is 0 Å². The third-order valence-electron chi connectivity index (χ3n) is 4.44. The fourth-order valence-electron chi connectivity index (χ4n) is 2.60. The molecule has 0 radical (unpaired) electrons. The van der Waals surface area contributed by atoms with Gasteiger partial charge in [-0.15, -0.1) is 5.11 Å². The van der Waals surface area contributed by atoms with Crippen molar-refractivity contribution in [3.63, 3.8) is 0 Å². The van der Waals surface area contributed by atoms with Crippen molar-refractivity contribution in [1.29, 1.82) is 0 Å². The van der Waals surface area contributed by atoms with Gasteiger partial charge in [-0.25, -0.2) is 0 Å². The van der Waals surface area contributed by atoms with E-state index in [1.165, 1.54) is 0 Å². The number of hydrogen-bond acceptors (Lipinski definition) is 5. The highest BCUT2D eigenvalue weighted by Gasteiger charge is 2.29. The molecule has 2 aromatic rings. The largest absolute Gasteiger partial charge is 0.322 e. The number of azo groups is 2. The van der Waals surface area contributed by atoms with Gasteiger partial charge in [-0.2, -0.15) is 15.3 Å². The van der Waals surface area contributed by atoms with Crippen LogP contribution in [-0.4, -0.2) is 11.6 Å². The van der Waals surface area contributed by atoms with Crippen LogP contribution in [0.4, 0.5) is 17.1 Å². The fraction of sp³-hybridized carbons (Fsp3) is 0.238. The summed E-state index contributed by atoms with van der Waals surface area (Å²) in [6.07, 6.45) is 6.02. The first-order chi connectivity index (χ1) is 12.5. The summed E-state index contributed by atoms with van der Waals surface area (Å²) in [6.45, 7) is 6.00. The molecule has 2 aromatic carbocycles. The SMILES string of the molecule is CC1=CC(N)C(C)(N=Nc2ccccc2N=Nc2ccccc2C)C=C1. The molecule has 0 saturated heterocycles. The average Bonchev–Trinajstić information content (AvgIpc) is 2.64. The molecule has 5 nitrogen and oxygen atoms in total. The van der Waals surface area contributed by atoms with Crippen LogP contribution in [0.3, 0.4) is 0 Å². The Hall–Kier alpha value is -2.92. The van der Waals surface area contributed by atoms with E-state index in [1.807, 2.05) is 87.5 Å². The molecule has 2 N–H and O–H groups in total. The Morgan fingerprint density at radius 1 is 0.846 bits per heavy atom. The van der Waals surface area contributed by atoms with Crippen LogP contribution in [0, 0.1) is 6.92 Å². The Bertz CT molecular complexity index is 910. The van der Waals surface area contributed by atoms with Crippen LogP contribution in [-0.2, 0) is 0 Å². The van der Waals surface area contributed by atoms with E-state index in [4.69, 9.17) is 5.73 Å². The van der Waals surface area contributed by atoms with Gasteiger partial charge < -0.3 is 5.73 Å². The number of benzene rings is 2. The van der Waals surface area contributed by atoms with Gasteiger partial charge in [-0.05, 0) is 44.5 Å². The van der Waals surface area contributed by atoms with Crippen molar-refractivity contribution in [2.75, 3.05) is 0 Å². The lowest BCUT2D eigenvalue weighted by Gasteiger charge is -2.28. The Morgan fingerprint density at radius 2 is 1.42 bits per heavy atom. The summed E-state index contributed by atoms with van der Waals surface area (Å²) in [5, 5.41) is 17.6. The molecule has 0 amide bonds. The maximum absolute atomic E-state index is 6.23. The Balaban J connectivity index is 1.86. The van der Waals surface area contributed by atoms with E-state index in [0.717, 1.165) is 16.8 Å². The second kappa shape index (κ2) is 7.54. The van der Waals surface area contributed by atoms with E-state index < -0.39 is 5.54 Å². The predicted molar refractivity (Wildman–Crippen MR) is 106 cm³/mol. The molecule has 1 aliphatic rings. The number of hydrogen-bond donors (Lipinski definition) is 1. The second-order valence-electron chi connectivity index (χ2n) is 6.67. The number of nitrogens with zero attached hydrogens (tertiary/aromatic N) is 4. The van der Waals surface area contributed by atoms with Gasteiger partial charge in [0.05, 0.1) is 11.7 Å². The zero-order valence-electron chi connectivity index (χ0n) is 15.3. The van der Waals surface area contributed by atoms with Gasteiger partial charge in [0.15, 0.2) is 0 Å². The lowest BCUT2D eigenvalue weighted by Crippen LogP contribution is -2.42. The zero-order valence-corrected chi connectivity index (χ0v) is 15.3. The normalized spacial score (nSPS) is 22.9. The molecule has 1 aliphatic carbocycles. The standard InChI is InChI=1S/C21H23N5/c1-15-12-13-21(3,20(22)14-15)26-25-19-11-7-6-10-18(19)24-23-17-9-5-4-8-16(17)2/h4-14,20H,22H2,1-3H3. The Morgan fingerprint density at radius 3 is 2.08 bits per heavy atom. The minimum atomic E-state index is -0.570. The third-order valence-corrected chi connectivity index (χ3v) is 4.44. The van der Waals surface area contributed by atoms with Crippen LogP contribution < -0.4 is 5.73 Å². The summed E-state index contributed by atoms with van der Waals surface area (Å²) in [7, 11) is 0. The van der Waals surface area contributed by atoms with E-state index in [0.29, 0.717) is 11.4 Å². The summed E-state index contributed by atoms with van der Waals surface area (Å²) >= 11 is 0. The zero-order chi connectivity index (χ0) is 18.6. The first kappa shape index (κ1) is 17.9. The molecule has 0 fully saturated rings. The minimum Gasteiger partial charge on any atom is -0.322 e. The van der Waals surface area contributed by atoms with Crippen LogP contribution in [0.15, 0.2) is 92.8 Å². The molecule has 26 heavy (non-hydrogen) atoms. The Kier molecular flexibility index (Phi) is 5.19. The Labute approximate surface area is 154 Å². The van der Waals surface area contributed by atoms with Crippen LogP contribution >= 0.6 is 0 Å². The van der Waals surface area contributed by atoms with E-state index in [2.05, 4.69) is 20.5 Å². The van der Waals surface area contributed by atoms with Crippen LogP contribution in [0.2, 0.25) is 0 Å². The summed E-state index contributed by atoms with van der Waals surface area (Å²) in [4.78, 5) is 0. The number of nitrogens with two attached hydrogens (primary N) is 1. The molecular formula is C21H23N5. The van der Waals surface area contributed by atoms with Crippen molar-refractivity contribution >= 4 is 17.1 Å². The smallest absolute Gasteiger partial charge is 0.116 e. The maximum Gasteiger partial charge on any atom is 0.116 e. The molecule has 5 heteroatoms. The highest BCUT2D eigenvalue weighted by molar-refractivity contribution is 5.61. The fourth-order valence-corrected chi connectivity index (χ4v) is 2.60. The molecule has 0 aliphatic heterocycles. The average molecular weight is 345 g/mol. The first-order valence-electron chi connectivity index (χ1n) is 8.60. The summed E-state index contributed by atoms with van der Waals surface area (Å²) in [5.74, 6) is 0. The molecule has 0 aromatic heterocycles. The highest BCUT2D eigenvalue weighted by atomic mass is 15.2. The lowest BCUT2D eigenvalue weighted by atomic mass is 9.87. The van der Waals surface area contributed by atoms with Crippen molar-refractivity contribution < 1.29 is 0 Å². The van der Waals surface area contributed by atoms with Gasteiger partial charge in [-0.3, -0.25) is 0 Å². The summed E-state index contributed by atoms with van der Waals surface area (Å²) in [5.41, 5.74) is 10.0. The van der Waals surface area contributed by atoms with Gasteiger partial charge in [0.25, 0.3) is 0 Å². The van der Waals surface area contributed by atoms with Gasteiger partial charge >= 0.3 is 0 Å². The quantitative estimate of drug-likeness (QED) is 0.668. The van der Waals surface area contributed by atoms with Gasteiger partial charge in [0.1, 0.15) is 16.9 Å². The van der Waals surface area contributed by atoms with E-state index in [9.17, 15) is 0 Å². The monoisotopic (exact) mass is 345 g/mol. The number of allylic oxidation sites excluding steroid dienone is 2. The second-order valence-corrected chi connectivity index (χ2v) is 6.67. The van der Waals surface area contributed by atoms with Crippen molar-refractivity contribution in [2.24, 2.45) is 26.2 Å². The topological polar surface area (TPSA) is 75.5 Å². The van der Waals surface area contributed by atoms with Gasteiger partial charge in [0, 0.05) is 0 Å². The molecule has 2 unspecified atom stereocenters. The molecule has 0 bridgehead atoms. The van der Waals surface area contributed by atoms with Crippen molar-refractivity contribution in [3.8, 4) is 0 Å². The molecule has 2 atom stereocenters. The predicted octanol–water partition coefficient (Wildman–Crippen LogP) is 6.10. The van der Waals surface area contributed by atoms with E-state index >= 15 is 0 Å². The molecule has 3 rings (SSSR count). The number of aryl methyl sites for hydroxylation is 1. The summed E-state index contributed by atoms with van der Waals surface area (Å²) in [6, 6.07) is 15.2. The molecule has 0 spiro atoms. The molecular weight excluding hydrogens is 322 g/mol.